The van der Waals surface area contributed by atoms with Crippen molar-refractivity contribution in [1.82, 2.24) is 10.6 Å². The molecule has 2 amide bonds. The van der Waals surface area contributed by atoms with Gasteiger partial charge in [-0.2, -0.15) is 0 Å². The molecule has 1 aromatic carbocycles. The van der Waals surface area contributed by atoms with Crippen LogP contribution in [0.15, 0.2) is 24.3 Å². The lowest BCUT2D eigenvalue weighted by molar-refractivity contribution is -0.122. The number of nitrogens with one attached hydrogen (secondary N) is 2. The Labute approximate surface area is 136 Å². The second-order valence-electron chi connectivity index (χ2n) is 6.20. The van der Waals surface area contributed by atoms with E-state index in [0.29, 0.717) is 24.1 Å². The lowest BCUT2D eigenvalue weighted by Crippen LogP contribution is -2.45. The quantitative estimate of drug-likeness (QED) is 0.718. The van der Waals surface area contributed by atoms with Gasteiger partial charge in [0, 0.05) is 17.7 Å². The van der Waals surface area contributed by atoms with Gasteiger partial charge in [0.1, 0.15) is 11.6 Å². The van der Waals surface area contributed by atoms with Crippen molar-refractivity contribution < 1.29 is 14.7 Å². The summed E-state index contributed by atoms with van der Waals surface area (Å²) in [7, 11) is 0. The van der Waals surface area contributed by atoms with Crippen LogP contribution in [0.4, 0.5) is 0 Å². The first-order valence-corrected chi connectivity index (χ1v) is 7.79. The zero-order valence-electron chi connectivity index (χ0n) is 13.5. The highest BCUT2D eigenvalue weighted by atomic mass is 16.3. The fraction of sp³-hybridized carbons (Fsp3) is 0.444. The van der Waals surface area contributed by atoms with Gasteiger partial charge >= 0.3 is 0 Å². The van der Waals surface area contributed by atoms with Gasteiger partial charge in [0.15, 0.2) is 0 Å². The van der Waals surface area contributed by atoms with Gasteiger partial charge in [-0.15, -0.1) is 0 Å². The first-order valence-electron chi connectivity index (χ1n) is 7.79. The van der Waals surface area contributed by atoms with E-state index in [2.05, 4.69) is 22.5 Å². The molecule has 1 aliphatic rings. The topological polar surface area (TPSA) is 78.4 Å². The zero-order valence-corrected chi connectivity index (χ0v) is 13.5. The molecule has 1 atom stereocenters. The average molecular weight is 314 g/mol. The number of benzene rings is 1. The van der Waals surface area contributed by atoms with E-state index in [9.17, 15) is 14.7 Å². The Hall–Kier alpha value is -2.32. The van der Waals surface area contributed by atoms with E-state index in [4.69, 9.17) is 0 Å². The molecule has 3 N–H and O–H groups in total. The van der Waals surface area contributed by atoms with E-state index in [1.165, 1.54) is 0 Å². The van der Waals surface area contributed by atoms with Crippen molar-refractivity contribution in [3.63, 3.8) is 0 Å². The molecular formula is C18H22N2O3. The SMILES string of the molecule is CC(C)(O)C#Cc1cccc(C(=O)N[C@@H]2CCCCNC2=O)c1. The third kappa shape index (κ3) is 5.42. The van der Waals surface area contributed by atoms with Crippen LogP contribution in [-0.2, 0) is 4.79 Å². The number of hydrogen-bond donors (Lipinski definition) is 3. The number of amides is 2. The van der Waals surface area contributed by atoms with Crippen LogP contribution in [0.1, 0.15) is 49.0 Å². The van der Waals surface area contributed by atoms with Crippen LogP contribution in [0.5, 0.6) is 0 Å². The van der Waals surface area contributed by atoms with Gasteiger partial charge in [-0.1, -0.05) is 17.9 Å². The molecule has 5 nitrogen and oxygen atoms in total. The fourth-order valence-electron chi connectivity index (χ4n) is 2.28. The van der Waals surface area contributed by atoms with Crippen LogP contribution in [0.3, 0.4) is 0 Å². The molecule has 122 valence electrons. The van der Waals surface area contributed by atoms with Crippen LogP contribution in [0, 0.1) is 11.8 Å². The minimum atomic E-state index is -1.09. The zero-order chi connectivity index (χ0) is 16.9. The molecule has 1 saturated heterocycles. The van der Waals surface area contributed by atoms with Crippen LogP contribution < -0.4 is 10.6 Å². The number of rotatable bonds is 2. The third-order valence-electron chi connectivity index (χ3n) is 3.48. The third-order valence-corrected chi connectivity index (χ3v) is 3.48. The van der Waals surface area contributed by atoms with Crippen molar-refractivity contribution in [2.24, 2.45) is 0 Å². The van der Waals surface area contributed by atoms with Crippen molar-refractivity contribution in [3.05, 3.63) is 35.4 Å². The minimum Gasteiger partial charge on any atom is -0.378 e. The van der Waals surface area contributed by atoms with Crippen LogP contribution in [0.25, 0.3) is 0 Å². The molecule has 1 aromatic rings. The number of carbonyl (C=O) groups excluding carboxylic acids is 2. The molecule has 0 saturated carbocycles. The summed E-state index contributed by atoms with van der Waals surface area (Å²) in [6, 6.07) is 6.35. The molecule has 0 unspecified atom stereocenters. The highest BCUT2D eigenvalue weighted by Crippen LogP contribution is 2.09. The van der Waals surface area contributed by atoms with Crippen LogP contribution in [-0.4, -0.2) is 35.1 Å². The second-order valence-corrected chi connectivity index (χ2v) is 6.20. The summed E-state index contributed by atoms with van der Waals surface area (Å²) in [6.07, 6.45) is 2.48. The number of hydrogen-bond acceptors (Lipinski definition) is 3. The molecule has 0 aromatic heterocycles. The fourth-order valence-corrected chi connectivity index (χ4v) is 2.28. The molecule has 0 aliphatic carbocycles. The lowest BCUT2D eigenvalue weighted by atomic mass is 10.1. The lowest BCUT2D eigenvalue weighted by Gasteiger charge is -2.15. The highest BCUT2D eigenvalue weighted by molar-refractivity contribution is 5.97. The van der Waals surface area contributed by atoms with Crippen molar-refractivity contribution >= 4 is 11.8 Å². The van der Waals surface area contributed by atoms with E-state index in [-0.39, 0.29) is 11.8 Å². The second kappa shape index (κ2) is 7.30. The van der Waals surface area contributed by atoms with Crippen LogP contribution in [0.2, 0.25) is 0 Å². The first-order chi connectivity index (χ1) is 10.8. The van der Waals surface area contributed by atoms with Crippen LogP contribution >= 0.6 is 0 Å². The molecule has 0 spiro atoms. The van der Waals surface area contributed by atoms with E-state index >= 15 is 0 Å². The molecule has 5 heteroatoms. The molecule has 1 heterocycles. The predicted octanol–water partition coefficient (Wildman–Crippen LogP) is 1.21. The Balaban J connectivity index is 2.10. The standard InChI is InChI=1S/C18H22N2O3/c1-18(2,23)10-9-13-6-5-7-14(12-13)16(21)20-15-8-3-4-11-19-17(15)22/h5-7,12,15,23H,3-4,8,11H2,1-2H3,(H,19,22)(H,20,21)/t15-/m1/s1. The van der Waals surface area contributed by atoms with Gasteiger partial charge in [-0.05, 0) is 51.3 Å². The molecule has 1 aliphatic heterocycles. The first kappa shape index (κ1) is 17.0. The van der Waals surface area contributed by atoms with Crippen molar-refractivity contribution in [2.75, 3.05) is 6.54 Å². The van der Waals surface area contributed by atoms with Gasteiger partial charge in [0.05, 0.1) is 0 Å². The Morgan fingerprint density at radius 2 is 2.17 bits per heavy atom. The van der Waals surface area contributed by atoms with Gasteiger partial charge < -0.3 is 15.7 Å². The van der Waals surface area contributed by atoms with Gasteiger partial charge in [-0.3, -0.25) is 9.59 Å². The molecule has 0 radical (unpaired) electrons. The van der Waals surface area contributed by atoms with Crippen molar-refractivity contribution in [2.45, 2.75) is 44.8 Å². The molecule has 23 heavy (non-hydrogen) atoms. The molecule has 2 rings (SSSR count). The van der Waals surface area contributed by atoms with Gasteiger partial charge in [0.25, 0.3) is 5.91 Å². The van der Waals surface area contributed by atoms with Gasteiger partial charge in [-0.25, -0.2) is 0 Å². The highest BCUT2D eigenvalue weighted by Gasteiger charge is 2.22. The summed E-state index contributed by atoms with van der Waals surface area (Å²) in [6.45, 7) is 3.86. The Morgan fingerprint density at radius 3 is 2.91 bits per heavy atom. The van der Waals surface area contributed by atoms with Crippen molar-refractivity contribution in [1.29, 1.82) is 0 Å². The molecule has 1 fully saturated rings. The Morgan fingerprint density at radius 1 is 1.39 bits per heavy atom. The average Bonchev–Trinajstić information content (AvgIpc) is 2.70. The van der Waals surface area contributed by atoms with E-state index in [1.54, 1.807) is 38.1 Å². The predicted molar refractivity (Wildman–Crippen MR) is 87.7 cm³/mol. The minimum absolute atomic E-state index is 0.131. The number of carbonyl (C=O) groups is 2. The maximum absolute atomic E-state index is 12.3. The van der Waals surface area contributed by atoms with Crippen molar-refractivity contribution in [3.8, 4) is 11.8 Å². The molecule has 0 bridgehead atoms. The van der Waals surface area contributed by atoms with E-state index in [1.807, 2.05) is 0 Å². The summed E-state index contributed by atoms with van der Waals surface area (Å²) in [5.74, 6) is 5.13. The normalized spacial score (nSPS) is 18.2. The molecular weight excluding hydrogens is 292 g/mol. The maximum atomic E-state index is 12.3. The largest absolute Gasteiger partial charge is 0.378 e. The smallest absolute Gasteiger partial charge is 0.251 e. The summed E-state index contributed by atoms with van der Waals surface area (Å²) in [5.41, 5.74) is 0.00569. The van der Waals surface area contributed by atoms with Gasteiger partial charge in [0.2, 0.25) is 5.91 Å². The Kier molecular flexibility index (Phi) is 5.41. The Bertz CT molecular complexity index is 650. The summed E-state index contributed by atoms with van der Waals surface area (Å²) in [5, 5.41) is 15.2. The summed E-state index contributed by atoms with van der Waals surface area (Å²) in [4.78, 5) is 24.2. The summed E-state index contributed by atoms with van der Waals surface area (Å²) >= 11 is 0. The monoisotopic (exact) mass is 314 g/mol. The van der Waals surface area contributed by atoms with E-state index < -0.39 is 11.6 Å². The number of aliphatic hydroxyl groups is 1. The van der Waals surface area contributed by atoms with E-state index in [0.717, 1.165) is 12.8 Å². The summed E-state index contributed by atoms with van der Waals surface area (Å²) < 4.78 is 0. The maximum Gasteiger partial charge on any atom is 0.251 e.